The molecule has 0 aliphatic carbocycles. The molecule has 0 spiro atoms. The van der Waals surface area contributed by atoms with E-state index in [2.05, 4.69) is 13.8 Å². The molecule has 1 N–H and O–H groups in total. The van der Waals surface area contributed by atoms with Crippen molar-refractivity contribution >= 4 is 0 Å². The topological polar surface area (TPSA) is 47.9 Å². The van der Waals surface area contributed by atoms with E-state index in [0.29, 0.717) is 29.6 Å². The average Bonchev–Trinajstić information content (AvgIpc) is 2.42. The first-order valence-corrected chi connectivity index (χ1v) is 6.56. The molecule has 0 aliphatic heterocycles. The summed E-state index contributed by atoms with van der Waals surface area (Å²) in [7, 11) is 3.18. The molecule has 1 aromatic carbocycles. The minimum absolute atomic E-state index is 0.260. The molecule has 19 heavy (non-hydrogen) atoms. The number of aliphatic hydroxyl groups is 1. The lowest BCUT2D eigenvalue weighted by molar-refractivity contribution is 0.0307. The van der Waals surface area contributed by atoms with Gasteiger partial charge in [0.05, 0.1) is 20.8 Å². The molecule has 0 aliphatic rings. The molecule has 4 heteroatoms. The number of aliphatic hydroxyl groups excluding tert-OH is 1. The van der Waals surface area contributed by atoms with Gasteiger partial charge in [0.2, 0.25) is 0 Å². The number of hydrogen-bond donors (Lipinski definition) is 1. The Bertz CT molecular complexity index is 376. The first-order valence-electron chi connectivity index (χ1n) is 6.56. The molecule has 0 saturated heterocycles. The molecule has 1 rings (SSSR count). The third-order valence-corrected chi connectivity index (χ3v) is 2.91. The summed E-state index contributed by atoms with van der Waals surface area (Å²) in [5.41, 5.74) is 0.686. The largest absolute Gasteiger partial charge is 0.497 e. The molecule has 0 fully saturated rings. The second kappa shape index (κ2) is 8.02. The third kappa shape index (κ3) is 5.09. The van der Waals surface area contributed by atoms with Crippen LogP contribution >= 0.6 is 0 Å². The van der Waals surface area contributed by atoms with E-state index in [4.69, 9.17) is 14.2 Å². The van der Waals surface area contributed by atoms with Crippen LogP contribution in [0.25, 0.3) is 0 Å². The van der Waals surface area contributed by atoms with Gasteiger partial charge in [-0.05, 0) is 30.5 Å². The van der Waals surface area contributed by atoms with Crippen LogP contribution in [0.3, 0.4) is 0 Å². The second-order valence-corrected chi connectivity index (χ2v) is 4.88. The van der Waals surface area contributed by atoms with E-state index in [1.807, 2.05) is 0 Å². The zero-order valence-corrected chi connectivity index (χ0v) is 12.2. The number of methoxy groups -OCH3 is 2. The van der Waals surface area contributed by atoms with Gasteiger partial charge in [0.1, 0.15) is 17.6 Å². The first-order chi connectivity index (χ1) is 9.08. The van der Waals surface area contributed by atoms with E-state index in [1.54, 1.807) is 32.4 Å². The Morgan fingerprint density at radius 1 is 1.16 bits per heavy atom. The van der Waals surface area contributed by atoms with E-state index in [9.17, 15) is 5.11 Å². The van der Waals surface area contributed by atoms with Crippen molar-refractivity contribution in [2.45, 2.75) is 26.4 Å². The normalized spacial score (nSPS) is 12.5. The van der Waals surface area contributed by atoms with E-state index in [-0.39, 0.29) is 6.61 Å². The van der Waals surface area contributed by atoms with Crippen molar-refractivity contribution in [3.05, 3.63) is 23.8 Å². The van der Waals surface area contributed by atoms with Crippen LogP contribution in [-0.2, 0) is 4.74 Å². The lowest BCUT2D eigenvalue weighted by Crippen LogP contribution is -2.10. The summed E-state index contributed by atoms with van der Waals surface area (Å²) in [6, 6.07) is 5.36. The molecule has 0 amide bonds. The fraction of sp³-hybridized carbons (Fsp3) is 0.600. The highest BCUT2D eigenvalue weighted by Gasteiger charge is 2.14. The van der Waals surface area contributed by atoms with Gasteiger partial charge < -0.3 is 19.3 Å². The third-order valence-electron chi connectivity index (χ3n) is 2.91. The fourth-order valence-electron chi connectivity index (χ4n) is 1.70. The molecule has 0 saturated carbocycles. The molecule has 4 nitrogen and oxygen atoms in total. The van der Waals surface area contributed by atoms with Crippen molar-refractivity contribution in [2.75, 3.05) is 27.4 Å². The summed E-state index contributed by atoms with van der Waals surface area (Å²) in [6.07, 6.45) is 0.277. The van der Waals surface area contributed by atoms with E-state index in [1.165, 1.54) is 0 Å². The van der Waals surface area contributed by atoms with E-state index in [0.717, 1.165) is 6.42 Å². The Hall–Kier alpha value is -1.26. The van der Waals surface area contributed by atoms with Crippen molar-refractivity contribution in [1.82, 2.24) is 0 Å². The predicted octanol–water partition coefficient (Wildman–Crippen LogP) is 2.80. The van der Waals surface area contributed by atoms with Crippen LogP contribution in [0.5, 0.6) is 11.5 Å². The standard InChI is InChI=1S/C15H24O4/c1-11(2)7-8-19-10-14(16)13-9-12(17-3)5-6-15(13)18-4/h5-6,9,11,14,16H,7-8,10H2,1-4H3. The summed E-state index contributed by atoms with van der Waals surface area (Å²) in [5, 5.41) is 10.2. The molecule has 0 heterocycles. The monoisotopic (exact) mass is 268 g/mol. The Labute approximate surface area is 115 Å². The van der Waals surface area contributed by atoms with Crippen LogP contribution in [0.1, 0.15) is 31.9 Å². The molecular formula is C15H24O4. The smallest absolute Gasteiger partial charge is 0.125 e. The maximum Gasteiger partial charge on any atom is 0.125 e. The van der Waals surface area contributed by atoms with Gasteiger partial charge in [0, 0.05) is 12.2 Å². The van der Waals surface area contributed by atoms with Crippen LogP contribution in [-0.4, -0.2) is 32.5 Å². The van der Waals surface area contributed by atoms with Gasteiger partial charge in [0.15, 0.2) is 0 Å². The lowest BCUT2D eigenvalue weighted by atomic mass is 10.1. The Kier molecular flexibility index (Phi) is 6.67. The fourth-order valence-corrected chi connectivity index (χ4v) is 1.70. The minimum Gasteiger partial charge on any atom is -0.497 e. The second-order valence-electron chi connectivity index (χ2n) is 4.88. The maximum absolute atomic E-state index is 10.2. The molecule has 1 aromatic rings. The Morgan fingerprint density at radius 2 is 1.89 bits per heavy atom. The van der Waals surface area contributed by atoms with Crippen molar-refractivity contribution in [1.29, 1.82) is 0 Å². The molecule has 1 unspecified atom stereocenters. The Balaban J connectivity index is 2.61. The minimum atomic E-state index is -0.711. The van der Waals surface area contributed by atoms with Crippen LogP contribution in [0.2, 0.25) is 0 Å². The van der Waals surface area contributed by atoms with Gasteiger partial charge in [-0.2, -0.15) is 0 Å². The highest BCUT2D eigenvalue weighted by molar-refractivity contribution is 5.41. The van der Waals surface area contributed by atoms with Crippen molar-refractivity contribution < 1.29 is 19.3 Å². The predicted molar refractivity (Wildman–Crippen MR) is 74.8 cm³/mol. The first kappa shape index (κ1) is 15.8. The average molecular weight is 268 g/mol. The Morgan fingerprint density at radius 3 is 2.47 bits per heavy atom. The number of rotatable bonds is 8. The summed E-state index contributed by atoms with van der Waals surface area (Å²) in [6.45, 7) is 5.20. The number of benzene rings is 1. The summed E-state index contributed by atoms with van der Waals surface area (Å²) in [4.78, 5) is 0. The van der Waals surface area contributed by atoms with Crippen LogP contribution < -0.4 is 9.47 Å². The van der Waals surface area contributed by atoms with E-state index < -0.39 is 6.10 Å². The number of hydrogen-bond acceptors (Lipinski definition) is 4. The van der Waals surface area contributed by atoms with Gasteiger partial charge in [-0.25, -0.2) is 0 Å². The summed E-state index contributed by atoms with van der Waals surface area (Å²) >= 11 is 0. The van der Waals surface area contributed by atoms with Gasteiger partial charge in [-0.1, -0.05) is 13.8 Å². The van der Waals surface area contributed by atoms with Gasteiger partial charge in [-0.15, -0.1) is 0 Å². The summed E-state index contributed by atoms with van der Waals surface area (Å²) in [5.74, 6) is 1.93. The molecular weight excluding hydrogens is 244 g/mol. The van der Waals surface area contributed by atoms with Gasteiger partial charge in [-0.3, -0.25) is 0 Å². The summed E-state index contributed by atoms with van der Waals surface area (Å²) < 4.78 is 15.9. The van der Waals surface area contributed by atoms with Crippen molar-refractivity contribution in [2.24, 2.45) is 5.92 Å². The molecule has 108 valence electrons. The quantitative estimate of drug-likeness (QED) is 0.736. The van der Waals surface area contributed by atoms with Crippen LogP contribution in [0.15, 0.2) is 18.2 Å². The zero-order valence-electron chi connectivity index (χ0n) is 12.2. The zero-order chi connectivity index (χ0) is 14.3. The maximum atomic E-state index is 10.2. The molecule has 1 atom stereocenters. The SMILES string of the molecule is COc1ccc(OC)c(C(O)COCCC(C)C)c1. The molecule has 0 bridgehead atoms. The van der Waals surface area contributed by atoms with Crippen molar-refractivity contribution in [3.63, 3.8) is 0 Å². The molecule has 0 radical (unpaired) electrons. The van der Waals surface area contributed by atoms with Crippen molar-refractivity contribution in [3.8, 4) is 11.5 Å². The van der Waals surface area contributed by atoms with E-state index >= 15 is 0 Å². The molecule has 0 aromatic heterocycles. The highest BCUT2D eigenvalue weighted by Crippen LogP contribution is 2.29. The van der Waals surface area contributed by atoms with Gasteiger partial charge >= 0.3 is 0 Å². The number of ether oxygens (including phenoxy) is 3. The van der Waals surface area contributed by atoms with Crippen LogP contribution in [0, 0.1) is 5.92 Å². The lowest BCUT2D eigenvalue weighted by Gasteiger charge is -2.16. The van der Waals surface area contributed by atoms with Gasteiger partial charge in [0.25, 0.3) is 0 Å². The van der Waals surface area contributed by atoms with Crippen LogP contribution in [0.4, 0.5) is 0 Å². The highest BCUT2D eigenvalue weighted by atomic mass is 16.5.